The third kappa shape index (κ3) is 4.22. The Kier molecular flexibility index (Phi) is 5.79. The number of rotatable bonds is 3. The standard InChI is InChI=1S/C22H25FN2O2S/c1-14-9-11-15(12-10-14)24-19(26)18-13-28-21(22(2,3)4)25(18)20(27)16-7-5-6-8-17(16)23/h5-12,18,21H,13H2,1-4H3,(H,24,26). The van der Waals surface area contributed by atoms with Crippen LogP contribution in [0.5, 0.6) is 0 Å². The summed E-state index contributed by atoms with van der Waals surface area (Å²) in [6.45, 7) is 8.04. The quantitative estimate of drug-likeness (QED) is 0.812. The monoisotopic (exact) mass is 400 g/mol. The molecule has 1 N–H and O–H groups in total. The molecule has 3 rings (SSSR count). The molecule has 1 fully saturated rings. The lowest BCUT2D eigenvalue weighted by Gasteiger charge is -2.36. The van der Waals surface area contributed by atoms with Gasteiger partial charge in [0, 0.05) is 11.4 Å². The first-order chi connectivity index (χ1) is 13.2. The van der Waals surface area contributed by atoms with Crippen LogP contribution in [0.4, 0.5) is 10.1 Å². The highest BCUT2D eigenvalue weighted by Crippen LogP contribution is 2.41. The molecule has 0 aliphatic carbocycles. The van der Waals surface area contributed by atoms with Crippen LogP contribution in [0.15, 0.2) is 48.5 Å². The zero-order valence-electron chi connectivity index (χ0n) is 16.5. The van der Waals surface area contributed by atoms with Gasteiger partial charge in [0.2, 0.25) is 5.91 Å². The molecule has 2 unspecified atom stereocenters. The first-order valence-electron chi connectivity index (χ1n) is 9.25. The second-order valence-electron chi connectivity index (χ2n) is 8.12. The molecule has 2 amide bonds. The van der Waals surface area contributed by atoms with E-state index in [-0.39, 0.29) is 22.3 Å². The minimum absolute atomic E-state index is 0.00705. The number of benzene rings is 2. The fraction of sp³-hybridized carbons (Fsp3) is 0.364. The van der Waals surface area contributed by atoms with E-state index < -0.39 is 17.8 Å². The third-order valence-corrected chi connectivity index (χ3v) is 6.46. The van der Waals surface area contributed by atoms with Crippen LogP contribution >= 0.6 is 11.8 Å². The Morgan fingerprint density at radius 3 is 2.36 bits per heavy atom. The van der Waals surface area contributed by atoms with Gasteiger partial charge in [-0.15, -0.1) is 11.8 Å². The molecule has 0 saturated carbocycles. The third-order valence-electron chi connectivity index (χ3n) is 4.70. The number of halogens is 1. The number of nitrogens with zero attached hydrogens (tertiary/aromatic N) is 1. The minimum atomic E-state index is -0.664. The van der Waals surface area contributed by atoms with Gasteiger partial charge in [-0.2, -0.15) is 0 Å². The van der Waals surface area contributed by atoms with Gasteiger partial charge < -0.3 is 10.2 Å². The molecular formula is C22H25FN2O2S. The van der Waals surface area contributed by atoms with Crippen LogP contribution in [0, 0.1) is 18.2 Å². The molecule has 1 aliphatic rings. The van der Waals surface area contributed by atoms with Crippen LogP contribution < -0.4 is 5.32 Å². The largest absolute Gasteiger partial charge is 0.324 e. The summed E-state index contributed by atoms with van der Waals surface area (Å²) in [5.41, 5.74) is 1.51. The van der Waals surface area contributed by atoms with Gasteiger partial charge in [-0.05, 0) is 36.6 Å². The molecule has 6 heteroatoms. The van der Waals surface area contributed by atoms with Crippen LogP contribution in [0.2, 0.25) is 0 Å². The highest BCUT2D eigenvalue weighted by molar-refractivity contribution is 8.00. The Morgan fingerprint density at radius 2 is 1.75 bits per heavy atom. The highest BCUT2D eigenvalue weighted by Gasteiger charge is 2.46. The van der Waals surface area contributed by atoms with Crippen molar-refractivity contribution in [2.24, 2.45) is 5.41 Å². The Labute approximate surface area is 169 Å². The predicted octanol–water partition coefficient (Wildman–Crippen LogP) is 4.70. The molecule has 0 bridgehead atoms. The average molecular weight is 401 g/mol. The topological polar surface area (TPSA) is 49.4 Å². The molecule has 1 saturated heterocycles. The highest BCUT2D eigenvalue weighted by atomic mass is 32.2. The number of nitrogens with one attached hydrogen (secondary N) is 1. The molecule has 148 valence electrons. The van der Waals surface area contributed by atoms with Gasteiger partial charge in [0.25, 0.3) is 5.91 Å². The SMILES string of the molecule is Cc1ccc(NC(=O)C2CSC(C(C)(C)C)N2C(=O)c2ccccc2F)cc1. The Bertz CT molecular complexity index is 877. The molecule has 2 aromatic rings. The fourth-order valence-electron chi connectivity index (χ4n) is 3.26. The lowest BCUT2D eigenvalue weighted by molar-refractivity contribution is -0.120. The molecule has 4 nitrogen and oxygen atoms in total. The average Bonchev–Trinajstić information content (AvgIpc) is 3.09. The van der Waals surface area contributed by atoms with Crippen LogP contribution in [0.1, 0.15) is 36.7 Å². The van der Waals surface area contributed by atoms with E-state index in [1.807, 2.05) is 52.0 Å². The van der Waals surface area contributed by atoms with Gasteiger partial charge in [0.15, 0.2) is 0 Å². The second kappa shape index (κ2) is 7.95. The van der Waals surface area contributed by atoms with E-state index in [2.05, 4.69) is 5.32 Å². The van der Waals surface area contributed by atoms with Crippen LogP contribution in [-0.2, 0) is 4.79 Å². The summed E-state index contributed by atoms with van der Waals surface area (Å²) < 4.78 is 14.3. The first-order valence-corrected chi connectivity index (χ1v) is 10.3. The van der Waals surface area contributed by atoms with E-state index in [1.54, 1.807) is 28.8 Å². The Morgan fingerprint density at radius 1 is 1.11 bits per heavy atom. The van der Waals surface area contributed by atoms with E-state index >= 15 is 0 Å². The molecule has 1 aliphatic heterocycles. The molecule has 0 radical (unpaired) electrons. The number of amides is 2. The van der Waals surface area contributed by atoms with Crippen LogP contribution in [0.25, 0.3) is 0 Å². The summed E-state index contributed by atoms with van der Waals surface area (Å²) in [6, 6.07) is 12.8. The van der Waals surface area contributed by atoms with Gasteiger partial charge in [-0.25, -0.2) is 4.39 Å². The molecule has 2 atom stereocenters. The summed E-state index contributed by atoms with van der Waals surface area (Å²) >= 11 is 1.56. The van der Waals surface area contributed by atoms with E-state index in [4.69, 9.17) is 0 Å². The first kappa shape index (κ1) is 20.4. The van der Waals surface area contributed by atoms with Crippen molar-refractivity contribution in [3.8, 4) is 0 Å². The fourth-order valence-corrected chi connectivity index (χ4v) is 4.84. The summed E-state index contributed by atoms with van der Waals surface area (Å²) in [6.07, 6.45) is 0. The Balaban J connectivity index is 1.90. The van der Waals surface area contributed by atoms with Crippen molar-refractivity contribution in [1.82, 2.24) is 4.90 Å². The second-order valence-corrected chi connectivity index (χ2v) is 9.23. The molecule has 1 heterocycles. The predicted molar refractivity (Wildman–Crippen MR) is 112 cm³/mol. The number of thioether (sulfide) groups is 1. The van der Waals surface area contributed by atoms with Crippen molar-refractivity contribution in [3.63, 3.8) is 0 Å². The Hall–Kier alpha value is -2.34. The molecular weight excluding hydrogens is 375 g/mol. The normalized spacial score (nSPS) is 19.5. The maximum atomic E-state index is 14.3. The van der Waals surface area contributed by atoms with E-state index in [0.717, 1.165) is 5.56 Å². The van der Waals surface area contributed by atoms with Crippen LogP contribution in [-0.4, -0.2) is 33.9 Å². The minimum Gasteiger partial charge on any atom is -0.324 e. The van der Waals surface area contributed by atoms with Gasteiger partial charge in [0.05, 0.1) is 10.9 Å². The van der Waals surface area contributed by atoms with Gasteiger partial charge in [-0.3, -0.25) is 9.59 Å². The number of hydrogen-bond donors (Lipinski definition) is 1. The number of carbonyl (C=O) groups excluding carboxylic acids is 2. The zero-order chi connectivity index (χ0) is 20.5. The number of carbonyl (C=O) groups is 2. The van der Waals surface area contributed by atoms with Crippen molar-refractivity contribution in [3.05, 3.63) is 65.5 Å². The lowest BCUT2D eigenvalue weighted by atomic mass is 9.94. The smallest absolute Gasteiger partial charge is 0.258 e. The summed E-state index contributed by atoms with van der Waals surface area (Å²) in [7, 11) is 0. The molecule has 28 heavy (non-hydrogen) atoms. The van der Waals surface area contributed by atoms with E-state index in [1.165, 1.54) is 12.1 Å². The van der Waals surface area contributed by atoms with Gasteiger partial charge in [-0.1, -0.05) is 50.6 Å². The summed E-state index contributed by atoms with van der Waals surface area (Å²) in [4.78, 5) is 27.8. The maximum absolute atomic E-state index is 14.3. The van der Waals surface area contributed by atoms with E-state index in [0.29, 0.717) is 11.4 Å². The number of hydrogen-bond acceptors (Lipinski definition) is 3. The zero-order valence-corrected chi connectivity index (χ0v) is 17.3. The van der Waals surface area contributed by atoms with Gasteiger partial charge in [0.1, 0.15) is 11.9 Å². The van der Waals surface area contributed by atoms with Gasteiger partial charge >= 0.3 is 0 Å². The molecule has 0 spiro atoms. The van der Waals surface area contributed by atoms with Crippen molar-refractivity contribution >= 4 is 29.3 Å². The van der Waals surface area contributed by atoms with Crippen LogP contribution in [0.3, 0.4) is 0 Å². The van der Waals surface area contributed by atoms with Crippen molar-refractivity contribution in [2.45, 2.75) is 39.1 Å². The summed E-state index contributed by atoms with van der Waals surface area (Å²) in [5.74, 6) is -0.811. The van der Waals surface area contributed by atoms with Crippen molar-refractivity contribution < 1.29 is 14.0 Å². The van der Waals surface area contributed by atoms with Crippen molar-refractivity contribution in [2.75, 3.05) is 11.1 Å². The summed E-state index contributed by atoms with van der Waals surface area (Å²) in [5, 5.41) is 2.67. The molecule has 2 aromatic carbocycles. The lowest BCUT2D eigenvalue weighted by Crippen LogP contribution is -2.51. The van der Waals surface area contributed by atoms with E-state index in [9.17, 15) is 14.0 Å². The number of anilines is 1. The maximum Gasteiger partial charge on any atom is 0.258 e. The molecule has 0 aromatic heterocycles. The number of aryl methyl sites for hydroxylation is 1. The van der Waals surface area contributed by atoms with Crippen molar-refractivity contribution in [1.29, 1.82) is 0 Å².